The van der Waals surface area contributed by atoms with Crippen LogP contribution in [-0.4, -0.2) is 35.7 Å². The maximum Gasteiger partial charge on any atom is 0.323 e. The van der Waals surface area contributed by atoms with Gasteiger partial charge in [-0.2, -0.15) is 0 Å². The number of carbonyl (C=O) groups is 1. The van der Waals surface area contributed by atoms with Crippen molar-refractivity contribution >= 4 is 18.1 Å². The van der Waals surface area contributed by atoms with E-state index in [1.165, 1.54) is 27.8 Å². The van der Waals surface area contributed by atoms with E-state index in [-0.39, 0.29) is 12.0 Å². The summed E-state index contributed by atoms with van der Waals surface area (Å²) in [5, 5.41) is 0. The van der Waals surface area contributed by atoms with Crippen molar-refractivity contribution in [1.29, 1.82) is 0 Å². The Labute approximate surface area is 253 Å². The molecule has 1 saturated heterocycles. The lowest BCUT2D eigenvalue weighted by Crippen LogP contribution is -2.46. The summed E-state index contributed by atoms with van der Waals surface area (Å²) in [7, 11) is 0. The molecule has 4 heteroatoms. The molecular formula is C38H49NO3. The first-order valence-electron chi connectivity index (χ1n) is 15.7. The third-order valence-electron chi connectivity index (χ3n) is 8.02. The molecular weight excluding hydrogens is 518 g/mol. The number of nitrogens with zero attached hydrogens (tertiary/aromatic N) is 1. The zero-order chi connectivity index (χ0) is 30.1. The average molecular weight is 568 g/mol. The fourth-order valence-corrected chi connectivity index (χ4v) is 5.72. The van der Waals surface area contributed by atoms with Crippen LogP contribution in [0.15, 0.2) is 60.7 Å². The van der Waals surface area contributed by atoms with Gasteiger partial charge in [0, 0.05) is 12.1 Å². The molecule has 4 nitrogen and oxygen atoms in total. The largest absolute Gasteiger partial charge is 0.493 e. The number of hydrogen-bond acceptors (Lipinski definition) is 4. The second kappa shape index (κ2) is 14.7. The third kappa shape index (κ3) is 8.58. The molecule has 0 aromatic heterocycles. The van der Waals surface area contributed by atoms with Crippen molar-refractivity contribution in [2.75, 3.05) is 13.2 Å². The van der Waals surface area contributed by atoms with Gasteiger partial charge in [-0.15, -0.1) is 0 Å². The Kier molecular flexibility index (Phi) is 11.0. The summed E-state index contributed by atoms with van der Waals surface area (Å²) in [4.78, 5) is 15.4. The summed E-state index contributed by atoms with van der Waals surface area (Å²) >= 11 is 0. The van der Waals surface area contributed by atoms with Gasteiger partial charge < -0.3 is 9.47 Å². The minimum atomic E-state index is -0.489. The van der Waals surface area contributed by atoms with Gasteiger partial charge in [-0.05, 0) is 99.9 Å². The number of hydrogen-bond donors (Lipinski definition) is 0. The van der Waals surface area contributed by atoms with E-state index >= 15 is 0 Å². The van der Waals surface area contributed by atoms with Gasteiger partial charge in [0.15, 0.2) is 0 Å². The molecule has 0 bridgehead atoms. The number of piperidine rings is 1. The minimum absolute atomic E-state index is 0.114. The molecule has 0 unspecified atom stereocenters. The van der Waals surface area contributed by atoms with Crippen LogP contribution >= 0.6 is 0 Å². The van der Waals surface area contributed by atoms with Gasteiger partial charge in [-0.3, -0.25) is 9.69 Å². The molecule has 1 atom stereocenters. The summed E-state index contributed by atoms with van der Waals surface area (Å²) in [6.45, 7) is 14.6. The predicted molar refractivity (Wildman–Crippen MR) is 176 cm³/mol. The van der Waals surface area contributed by atoms with Crippen LogP contribution in [0.1, 0.15) is 94.0 Å². The zero-order valence-corrected chi connectivity index (χ0v) is 26.5. The van der Waals surface area contributed by atoms with Crippen molar-refractivity contribution in [1.82, 2.24) is 4.90 Å². The van der Waals surface area contributed by atoms with Crippen LogP contribution in [0.5, 0.6) is 5.75 Å². The fourth-order valence-electron chi connectivity index (χ4n) is 5.72. The molecule has 1 heterocycles. The third-order valence-corrected chi connectivity index (χ3v) is 8.02. The fraction of sp³-hybridized carbons (Fsp3) is 0.447. The van der Waals surface area contributed by atoms with Gasteiger partial charge >= 0.3 is 5.97 Å². The molecule has 0 N–H and O–H groups in total. The van der Waals surface area contributed by atoms with E-state index < -0.39 is 5.60 Å². The maximum atomic E-state index is 13.1. The number of aryl methyl sites for hydroxylation is 1. The average Bonchev–Trinajstić information content (AvgIpc) is 2.96. The van der Waals surface area contributed by atoms with Crippen molar-refractivity contribution in [2.24, 2.45) is 0 Å². The van der Waals surface area contributed by atoms with E-state index in [0.717, 1.165) is 61.9 Å². The van der Waals surface area contributed by atoms with Crippen molar-refractivity contribution in [3.8, 4) is 16.9 Å². The number of carbonyl (C=O) groups excluding carboxylic acids is 1. The molecule has 1 aliphatic heterocycles. The van der Waals surface area contributed by atoms with Crippen molar-refractivity contribution in [2.45, 2.75) is 98.3 Å². The Morgan fingerprint density at radius 1 is 0.952 bits per heavy atom. The lowest BCUT2D eigenvalue weighted by Gasteiger charge is -2.36. The molecule has 1 aliphatic rings. The van der Waals surface area contributed by atoms with E-state index in [2.05, 4.69) is 98.5 Å². The monoisotopic (exact) mass is 567 g/mol. The first-order chi connectivity index (χ1) is 20.2. The van der Waals surface area contributed by atoms with E-state index in [4.69, 9.17) is 9.47 Å². The van der Waals surface area contributed by atoms with Gasteiger partial charge in [-0.25, -0.2) is 0 Å². The summed E-state index contributed by atoms with van der Waals surface area (Å²) in [6, 6.07) is 21.3. The number of benzene rings is 3. The maximum absolute atomic E-state index is 13.1. The van der Waals surface area contributed by atoms with Crippen LogP contribution in [0, 0.1) is 13.8 Å². The zero-order valence-electron chi connectivity index (χ0n) is 26.5. The number of likely N-dealkylation sites (tertiary alicyclic amines) is 1. The highest BCUT2D eigenvalue weighted by Crippen LogP contribution is 2.31. The lowest BCUT2D eigenvalue weighted by molar-refractivity contribution is -0.163. The van der Waals surface area contributed by atoms with E-state index in [0.29, 0.717) is 13.2 Å². The van der Waals surface area contributed by atoms with Gasteiger partial charge in [-0.1, -0.05) is 92.9 Å². The van der Waals surface area contributed by atoms with E-state index in [9.17, 15) is 4.79 Å². The summed E-state index contributed by atoms with van der Waals surface area (Å²) in [6.07, 6.45) is 10.7. The first-order valence-corrected chi connectivity index (χ1v) is 15.7. The number of ether oxygens (including phenoxy) is 2. The topological polar surface area (TPSA) is 38.8 Å². The Hall–Kier alpha value is -3.37. The molecule has 42 heavy (non-hydrogen) atoms. The number of esters is 1. The van der Waals surface area contributed by atoms with Crippen molar-refractivity contribution in [3.63, 3.8) is 0 Å². The molecule has 0 spiro atoms. The first kappa shape index (κ1) is 31.6. The number of rotatable bonds is 11. The highest BCUT2D eigenvalue weighted by Gasteiger charge is 2.33. The molecule has 3 aromatic rings. The van der Waals surface area contributed by atoms with Gasteiger partial charge in [0.2, 0.25) is 0 Å². The Bertz CT molecular complexity index is 1350. The van der Waals surface area contributed by atoms with Gasteiger partial charge in [0.1, 0.15) is 17.4 Å². The van der Waals surface area contributed by atoms with Crippen LogP contribution in [0.2, 0.25) is 0 Å². The minimum Gasteiger partial charge on any atom is -0.493 e. The second-order valence-electron chi connectivity index (χ2n) is 12.6. The van der Waals surface area contributed by atoms with E-state index in [1.54, 1.807) is 0 Å². The summed E-state index contributed by atoms with van der Waals surface area (Å²) < 4.78 is 12.2. The highest BCUT2D eigenvalue weighted by molar-refractivity contribution is 5.78. The summed E-state index contributed by atoms with van der Waals surface area (Å²) in [5.41, 5.74) is 7.96. The smallest absolute Gasteiger partial charge is 0.323 e. The van der Waals surface area contributed by atoms with Gasteiger partial charge in [0.05, 0.1) is 6.61 Å². The van der Waals surface area contributed by atoms with Crippen LogP contribution in [0.3, 0.4) is 0 Å². The van der Waals surface area contributed by atoms with Crippen molar-refractivity contribution < 1.29 is 14.3 Å². The predicted octanol–water partition coefficient (Wildman–Crippen LogP) is 9.41. The quantitative estimate of drug-likeness (QED) is 0.131. The molecule has 0 aliphatic carbocycles. The molecule has 1 fully saturated rings. The van der Waals surface area contributed by atoms with Crippen molar-refractivity contribution in [3.05, 3.63) is 88.5 Å². The SMILES string of the molecule is CCCCCOc1cc(/C=C/c2cccc(-c3ccccc3)c2C)c(C)cc1CN1CCCC[C@H]1C(=O)OC(C)(C)C. The molecule has 3 aromatic carbocycles. The normalized spacial score (nSPS) is 16.1. The Morgan fingerprint density at radius 3 is 2.45 bits per heavy atom. The molecule has 0 saturated carbocycles. The van der Waals surface area contributed by atoms with Crippen LogP contribution in [0.25, 0.3) is 23.3 Å². The Morgan fingerprint density at radius 2 is 1.71 bits per heavy atom. The van der Waals surface area contributed by atoms with Crippen LogP contribution in [-0.2, 0) is 16.1 Å². The van der Waals surface area contributed by atoms with Crippen LogP contribution in [0.4, 0.5) is 0 Å². The Balaban J connectivity index is 1.61. The van der Waals surface area contributed by atoms with E-state index in [1.807, 2.05) is 20.8 Å². The molecule has 0 amide bonds. The second-order valence-corrected chi connectivity index (χ2v) is 12.6. The number of unbranched alkanes of at least 4 members (excludes halogenated alkanes) is 2. The molecule has 0 radical (unpaired) electrons. The standard InChI is InChI=1S/C38H49NO3/c1-7-8-14-24-41-36-26-32(22-21-30-18-15-19-34(29(30)3)31-16-10-9-11-17-31)28(2)25-33(36)27-39-23-13-12-20-35(39)37(40)42-38(4,5)6/h9-11,15-19,21-22,25-26,35H,7-8,12-14,20,23-24,27H2,1-6H3/b22-21+/t35-/m0/s1. The molecule has 224 valence electrons. The molecule has 4 rings (SSSR count). The van der Waals surface area contributed by atoms with Crippen LogP contribution < -0.4 is 4.74 Å². The highest BCUT2D eigenvalue weighted by atomic mass is 16.6. The van der Waals surface area contributed by atoms with Gasteiger partial charge in [0.25, 0.3) is 0 Å². The summed E-state index contributed by atoms with van der Waals surface area (Å²) in [5.74, 6) is 0.802. The lowest BCUT2D eigenvalue weighted by atomic mass is 9.95.